The second-order valence-electron chi connectivity index (χ2n) is 2.51. The van der Waals surface area contributed by atoms with E-state index in [1.54, 1.807) is 11.8 Å². The molecule has 1 aliphatic heterocycles. The number of fused-ring (bicyclic) bond motifs is 1. The lowest BCUT2D eigenvalue weighted by Crippen LogP contribution is -2.07. The molecule has 1 aliphatic rings. The molecule has 0 N–H and O–H groups in total. The number of pyridine rings is 1. The van der Waals surface area contributed by atoms with Crippen LogP contribution in [0.2, 0.25) is 0 Å². The van der Waals surface area contributed by atoms with Gasteiger partial charge in [0, 0.05) is 11.9 Å². The van der Waals surface area contributed by atoms with Crippen LogP contribution in [0.4, 0.5) is 0 Å². The van der Waals surface area contributed by atoms with Crippen molar-refractivity contribution in [1.29, 1.82) is 0 Å². The summed E-state index contributed by atoms with van der Waals surface area (Å²) in [6.07, 6.45) is 1.88. The number of rotatable bonds is 0. The van der Waals surface area contributed by atoms with Gasteiger partial charge in [-0.05, 0) is 18.6 Å². The van der Waals surface area contributed by atoms with Crippen LogP contribution in [0.25, 0.3) is 0 Å². The van der Waals surface area contributed by atoms with E-state index < -0.39 is 0 Å². The summed E-state index contributed by atoms with van der Waals surface area (Å²) in [4.78, 5) is 4.26. The molecule has 0 radical (unpaired) electrons. The zero-order chi connectivity index (χ0) is 7.68. The van der Waals surface area contributed by atoms with Crippen molar-refractivity contribution in [3.63, 3.8) is 0 Å². The second-order valence-corrected chi connectivity index (χ2v) is 3.60. The number of aryl methyl sites for hydroxylation is 1. The molecule has 1 aromatic rings. The summed E-state index contributed by atoms with van der Waals surface area (Å²) in [7, 11) is 0. The normalized spacial score (nSPS) is 15.4. The van der Waals surface area contributed by atoms with E-state index in [9.17, 15) is 0 Å². The Balaban J connectivity index is 2.43. The summed E-state index contributed by atoms with van der Waals surface area (Å²) in [6.45, 7) is 2.83. The van der Waals surface area contributed by atoms with Crippen molar-refractivity contribution < 1.29 is 4.74 Å². The standard InChI is InChI=1S/C8H9NOS/c1-6-4-7-8(9-5-6)11-3-2-10-7/h4-5H,2-3H2,1H3. The van der Waals surface area contributed by atoms with Gasteiger partial charge in [-0.3, -0.25) is 0 Å². The molecule has 0 bridgehead atoms. The average Bonchev–Trinajstić information content (AvgIpc) is 2.04. The molecule has 0 unspecified atom stereocenters. The van der Waals surface area contributed by atoms with Crippen LogP contribution in [0, 0.1) is 6.92 Å². The third-order valence-electron chi connectivity index (χ3n) is 1.53. The highest BCUT2D eigenvalue weighted by atomic mass is 32.2. The molecule has 0 atom stereocenters. The number of hydrogen-bond acceptors (Lipinski definition) is 3. The van der Waals surface area contributed by atoms with Gasteiger partial charge in [-0.2, -0.15) is 0 Å². The van der Waals surface area contributed by atoms with Crippen molar-refractivity contribution in [2.45, 2.75) is 11.9 Å². The average molecular weight is 167 g/mol. The molecule has 3 heteroatoms. The fourth-order valence-electron chi connectivity index (χ4n) is 1.03. The van der Waals surface area contributed by atoms with Gasteiger partial charge >= 0.3 is 0 Å². The zero-order valence-electron chi connectivity index (χ0n) is 6.33. The van der Waals surface area contributed by atoms with Crippen LogP contribution in [-0.2, 0) is 0 Å². The van der Waals surface area contributed by atoms with Crippen LogP contribution in [0.5, 0.6) is 5.75 Å². The largest absolute Gasteiger partial charge is 0.490 e. The first-order valence-corrected chi connectivity index (χ1v) is 4.57. The summed E-state index contributed by atoms with van der Waals surface area (Å²) in [5.74, 6) is 1.96. The van der Waals surface area contributed by atoms with Crippen molar-refractivity contribution in [2.75, 3.05) is 12.4 Å². The molecule has 0 spiro atoms. The van der Waals surface area contributed by atoms with Crippen LogP contribution in [0.3, 0.4) is 0 Å². The van der Waals surface area contributed by atoms with Gasteiger partial charge in [-0.25, -0.2) is 4.98 Å². The highest BCUT2D eigenvalue weighted by Gasteiger charge is 2.10. The Morgan fingerprint density at radius 1 is 1.64 bits per heavy atom. The first-order valence-electron chi connectivity index (χ1n) is 3.58. The lowest BCUT2D eigenvalue weighted by atomic mass is 10.3. The van der Waals surface area contributed by atoms with E-state index in [-0.39, 0.29) is 0 Å². The molecule has 0 fully saturated rings. The van der Waals surface area contributed by atoms with Gasteiger partial charge in [0.2, 0.25) is 0 Å². The minimum Gasteiger partial charge on any atom is -0.490 e. The summed E-state index contributed by atoms with van der Waals surface area (Å²) in [5, 5.41) is 1.03. The number of ether oxygens (including phenoxy) is 1. The fourth-order valence-corrected chi connectivity index (χ4v) is 1.78. The Hall–Kier alpha value is -0.700. The molecule has 2 heterocycles. The Bertz CT molecular complexity index is 275. The van der Waals surface area contributed by atoms with Crippen LogP contribution in [-0.4, -0.2) is 17.3 Å². The van der Waals surface area contributed by atoms with Gasteiger partial charge in [0.25, 0.3) is 0 Å². The van der Waals surface area contributed by atoms with Gasteiger partial charge in [-0.15, -0.1) is 0 Å². The van der Waals surface area contributed by atoms with Gasteiger partial charge in [0.05, 0.1) is 6.61 Å². The molecule has 11 heavy (non-hydrogen) atoms. The van der Waals surface area contributed by atoms with Crippen LogP contribution < -0.4 is 4.74 Å². The SMILES string of the molecule is Cc1cnc2c(c1)OCCS2. The fraction of sp³-hybridized carbons (Fsp3) is 0.375. The highest BCUT2D eigenvalue weighted by molar-refractivity contribution is 7.99. The van der Waals surface area contributed by atoms with Crippen molar-refractivity contribution in [3.8, 4) is 5.75 Å². The molecular weight excluding hydrogens is 158 g/mol. The molecule has 1 aromatic heterocycles. The molecule has 2 nitrogen and oxygen atoms in total. The Morgan fingerprint density at radius 3 is 3.45 bits per heavy atom. The summed E-state index contributed by atoms with van der Waals surface area (Å²) >= 11 is 1.76. The Morgan fingerprint density at radius 2 is 2.55 bits per heavy atom. The third-order valence-corrected chi connectivity index (χ3v) is 2.49. The van der Waals surface area contributed by atoms with Gasteiger partial charge in [-0.1, -0.05) is 11.8 Å². The molecule has 0 aliphatic carbocycles. The van der Waals surface area contributed by atoms with E-state index >= 15 is 0 Å². The maximum atomic E-state index is 5.42. The molecule has 0 aromatic carbocycles. The lowest BCUT2D eigenvalue weighted by Gasteiger charge is -2.15. The quantitative estimate of drug-likeness (QED) is 0.589. The zero-order valence-corrected chi connectivity index (χ0v) is 7.15. The van der Waals surface area contributed by atoms with E-state index in [4.69, 9.17) is 4.74 Å². The third kappa shape index (κ3) is 1.33. The number of aromatic nitrogens is 1. The second kappa shape index (κ2) is 2.74. The van der Waals surface area contributed by atoms with Crippen molar-refractivity contribution in [2.24, 2.45) is 0 Å². The molecule has 0 saturated heterocycles. The van der Waals surface area contributed by atoms with Crippen molar-refractivity contribution in [3.05, 3.63) is 17.8 Å². The van der Waals surface area contributed by atoms with Gasteiger partial charge < -0.3 is 4.74 Å². The van der Waals surface area contributed by atoms with E-state index in [0.717, 1.165) is 28.7 Å². The lowest BCUT2D eigenvalue weighted by molar-refractivity contribution is 0.326. The maximum absolute atomic E-state index is 5.42. The molecule has 0 amide bonds. The highest BCUT2D eigenvalue weighted by Crippen LogP contribution is 2.30. The number of nitrogens with zero attached hydrogens (tertiary/aromatic N) is 1. The van der Waals surface area contributed by atoms with Gasteiger partial charge in [0.1, 0.15) is 5.03 Å². The predicted molar refractivity (Wildman–Crippen MR) is 45.2 cm³/mol. The number of thioether (sulfide) groups is 1. The van der Waals surface area contributed by atoms with Crippen LogP contribution in [0.1, 0.15) is 5.56 Å². The maximum Gasteiger partial charge on any atom is 0.151 e. The minimum atomic E-state index is 0.808. The first kappa shape index (κ1) is 6.98. The Kier molecular flexibility index (Phi) is 1.74. The van der Waals surface area contributed by atoms with E-state index in [0.29, 0.717) is 0 Å². The van der Waals surface area contributed by atoms with Crippen molar-refractivity contribution >= 4 is 11.8 Å². The van der Waals surface area contributed by atoms with Gasteiger partial charge in [0.15, 0.2) is 5.75 Å². The summed E-state index contributed by atoms with van der Waals surface area (Å²) < 4.78 is 5.42. The number of hydrogen-bond donors (Lipinski definition) is 0. The predicted octanol–water partition coefficient (Wildman–Crippen LogP) is 1.87. The van der Waals surface area contributed by atoms with Crippen LogP contribution >= 0.6 is 11.8 Å². The topological polar surface area (TPSA) is 22.1 Å². The smallest absolute Gasteiger partial charge is 0.151 e. The minimum absolute atomic E-state index is 0.808. The van der Waals surface area contributed by atoms with E-state index in [2.05, 4.69) is 4.98 Å². The Labute approximate surface area is 70.0 Å². The molecule has 2 rings (SSSR count). The summed E-state index contributed by atoms with van der Waals surface area (Å²) in [6, 6.07) is 2.04. The molecule has 58 valence electrons. The molecular formula is C8H9NOS. The molecule has 0 saturated carbocycles. The summed E-state index contributed by atoms with van der Waals surface area (Å²) in [5.41, 5.74) is 1.16. The van der Waals surface area contributed by atoms with E-state index in [1.807, 2.05) is 19.2 Å². The monoisotopic (exact) mass is 167 g/mol. The van der Waals surface area contributed by atoms with Crippen molar-refractivity contribution in [1.82, 2.24) is 4.98 Å². The van der Waals surface area contributed by atoms with Crippen LogP contribution in [0.15, 0.2) is 17.3 Å². The first-order chi connectivity index (χ1) is 5.36. The van der Waals surface area contributed by atoms with E-state index in [1.165, 1.54) is 0 Å².